The summed E-state index contributed by atoms with van der Waals surface area (Å²) in [5, 5.41) is 17.0. The average molecular weight is 389 g/mol. The van der Waals surface area contributed by atoms with Gasteiger partial charge in [0, 0.05) is 23.6 Å². The molecule has 2 atom stereocenters. The number of piperidine rings is 1. The largest absolute Gasteiger partial charge is 0.481 e. The lowest BCUT2D eigenvalue weighted by molar-refractivity contribution is -0.143. The number of carbonyl (C=O) groups is 1. The third-order valence-corrected chi connectivity index (χ3v) is 4.67. The van der Waals surface area contributed by atoms with Gasteiger partial charge in [0.05, 0.1) is 5.92 Å². The van der Waals surface area contributed by atoms with Crippen LogP contribution in [-0.2, 0) is 9.63 Å². The molecule has 144 valence electrons. The average Bonchev–Trinajstić information content (AvgIpc) is 2.69. The summed E-state index contributed by atoms with van der Waals surface area (Å²) in [7, 11) is 0. The quantitative estimate of drug-likeness (QED) is 0.431. The van der Waals surface area contributed by atoms with E-state index >= 15 is 0 Å². The number of rotatable bonds is 7. The number of oxime groups is 1. The molecule has 0 amide bonds. The molecule has 0 bridgehead atoms. The van der Waals surface area contributed by atoms with Crippen LogP contribution in [0, 0.1) is 5.92 Å². The Morgan fingerprint density at radius 2 is 1.67 bits per heavy atom. The van der Waals surface area contributed by atoms with Gasteiger partial charge in [-0.15, -0.1) is 12.4 Å². The summed E-state index contributed by atoms with van der Waals surface area (Å²) < 4.78 is 0. The zero-order valence-electron chi connectivity index (χ0n) is 15.1. The lowest BCUT2D eigenvalue weighted by atomic mass is 9.89. The van der Waals surface area contributed by atoms with E-state index in [2.05, 4.69) is 10.5 Å². The zero-order valence-corrected chi connectivity index (χ0v) is 15.9. The Labute approximate surface area is 165 Å². The van der Waals surface area contributed by atoms with Gasteiger partial charge in [-0.05, 0) is 19.4 Å². The second-order valence-corrected chi connectivity index (χ2v) is 6.44. The highest BCUT2D eigenvalue weighted by molar-refractivity contribution is 6.12. The standard InChI is InChI=1S/C21H24N2O3.ClH/c24-21(25)18-12-7-14-22-19(18)13-15-26-23-20(16-8-3-1-4-9-16)17-10-5-2-6-11-17;/h1-6,8-11,18-19,22H,7,12-15H2,(H,24,25);1H. The van der Waals surface area contributed by atoms with Crippen molar-refractivity contribution in [2.45, 2.75) is 25.3 Å². The maximum atomic E-state index is 11.4. The molecule has 2 unspecified atom stereocenters. The zero-order chi connectivity index (χ0) is 18.2. The van der Waals surface area contributed by atoms with E-state index in [0.29, 0.717) is 13.0 Å². The Hall–Kier alpha value is -2.37. The number of hydrogen-bond donors (Lipinski definition) is 2. The van der Waals surface area contributed by atoms with Gasteiger partial charge < -0.3 is 15.3 Å². The third kappa shape index (κ3) is 5.81. The first kappa shape index (κ1) is 20.9. The predicted molar refractivity (Wildman–Crippen MR) is 108 cm³/mol. The second-order valence-electron chi connectivity index (χ2n) is 6.44. The minimum absolute atomic E-state index is 0. The van der Waals surface area contributed by atoms with Crippen molar-refractivity contribution in [1.82, 2.24) is 5.32 Å². The molecule has 1 saturated heterocycles. The normalized spacial score (nSPS) is 18.8. The number of benzene rings is 2. The fourth-order valence-electron chi connectivity index (χ4n) is 3.31. The summed E-state index contributed by atoms with van der Waals surface area (Å²) in [6.07, 6.45) is 2.24. The van der Waals surface area contributed by atoms with E-state index in [-0.39, 0.29) is 24.4 Å². The molecule has 3 rings (SSSR count). The summed E-state index contributed by atoms with van der Waals surface area (Å²) >= 11 is 0. The minimum Gasteiger partial charge on any atom is -0.481 e. The Balaban J connectivity index is 0.00000261. The first-order chi connectivity index (χ1) is 12.8. The van der Waals surface area contributed by atoms with Crippen LogP contribution < -0.4 is 5.32 Å². The molecule has 1 fully saturated rings. The fraction of sp³-hybridized carbons (Fsp3) is 0.333. The van der Waals surface area contributed by atoms with Crippen LogP contribution in [0.1, 0.15) is 30.4 Å². The highest BCUT2D eigenvalue weighted by atomic mass is 35.5. The Morgan fingerprint density at radius 1 is 1.07 bits per heavy atom. The molecule has 0 radical (unpaired) electrons. The molecular weight excluding hydrogens is 364 g/mol. The van der Waals surface area contributed by atoms with Crippen molar-refractivity contribution < 1.29 is 14.7 Å². The number of aliphatic carboxylic acids is 1. The smallest absolute Gasteiger partial charge is 0.308 e. The van der Waals surface area contributed by atoms with E-state index in [1.807, 2.05) is 60.7 Å². The summed E-state index contributed by atoms with van der Waals surface area (Å²) in [6.45, 7) is 1.24. The van der Waals surface area contributed by atoms with Gasteiger partial charge in [0.25, 0.3) is 0 Å². The van der Waals surface area contributed by atoms with Crippen molar-refractivity contribution in [2.24, 2.45) is 11.1 Å². The first-order valence-corrected chi connectivity index (χ1v) is 9.02. The highest BCUT2D eigenvalue weighted by Crippen LogP contribution is 2.19. The molecule has 1 aliphatic heterocycles. The number of carboxylic acid groups (broad SMARTS) is 1. The topological polar surface area (TPSA) is 70.9 Å². The summed E-state index contributed by atoms with van der Waals surface area (Å²) in [5.41, 5.74) is 2.74. The molecule has 2 aromatic carbocycles. The van der Waals surface area contributed by atoms with Crippen molar-refractivity contribution in [3.8, 4) is 0 Å². The number of hydrogen-bond acceptors (Lipinski definition) is 4. The molecule has 0 aromatic heterocycles. The molecule has 1 aliphatic rings. The van der Waals surface area contributed by atoms with Crippen molar-refractivity contribution >= 4 is 24.1 Å². The maximum Gasteiger partial charge on any atom is 0.308 e. The molecule has 1 heterocycles. The molecule has 0 saturated carbocycles. The molecule has 2 aromatic rings. The molecule has 2 N–H and O–H groups in total. The number of carboxylic acids is 1. The molecular formula is C21H25ClN2O3. The van der Waals surface area contributed by atoms with E-state index in [1.54, 1.807) is 0 Å². The maximum absolute atomic E-state index is 11.4. The lowest BCUT2D eigenvalue weighted by Gasteiger charge is -2.29. The molecule has 0 aliphatic carbocycles. The van der Waals surface area contributed by atoms with Gasteiger partial charge in [-0.3, -0.25) is 4.79 Å². The molecule has 27 heavy (non-hydrogen) atoms. The van der Waals surface area contributed by atoms with Crippen LogP contribution in [0.4, 0.5) is 0 Å². The van der Waals surface area contributed by atoms with Crippen molar-refractivity contribution in [2.75, 3.05) is 13.2 Å². The fourth-order valence-corrected chi connectivity index (χ4v) is 3.31. The molecule has 5 nitrogen and oxygen atoms in total. The number of nitrogens with zero attached hydrogens (tertiary/aromatic N) is 1. The van der Waals surface area contributed by atoms with Crippen LogP contribution in [0.2, 0.25) is 0 Å². The van der Waals surface area contributed by atoms with Crippen LogP contribution in [0.25, 0.3) is 0 Å². The van der Waals surface area contributed by atoms with Gasteiger partial charge in [-0.1, -0.05) is 65.8 Å². The Bertz CT molecular complexity index is 696. The molecule has 0 spiro atoms. The van der Waals surface area contributed by atoms with Gasteiger partial charge in [-0.2, -0.15) is 0 Å². The van der Waals surface area contributed by atoms with Crippen LogP contribution in [0.15, 0.2) is 65.8 Å². The van der Waals surface area contributed by atoms with Crippen LogP contribution in [-0.4, -0.2) is 36.0 Å². The lowest BCUT2D eigenvalue weighted by Crippen LogP contribution is -2.45. The van der Waals surface area contributed by atoms with Gasteiger partial charge in [0.2, 0.25) is 0 Å². The predicted octanol–water partition coefficient (Wildman–Crippen LogP) is 3.72. The summed E-state index contributed by atoms with van der Waals surface area (Å²) in [4.78, 5) is 17.0. The Morgan fingerprint density at radius 3 is 2.22 bits per heavy atom. The summed E-state index contributed by atoms with van der Waals surface area (Å²) in [6, 6.07) is 19.7. The van der Waals surface area contributed by atoms with Gasteiger partial charge in [0.15, 0.2) is 0 Å². The van der Waals surface area contributed by atoms with Crippen LogP contribution >= 0.6 is 12.4 Å². The van der Waals surface area contributed by atoms with E-state index in [0.717, 1.165) is 36.2 Å². The number of nitrogens with one attached hydrogen (secondary N) is 1. The van der Waals surface area contributed by atoms with E-state index in [9.17, 15) is 9.90 Å². The van der Waals surface area contributed by atoms with Crippen molar-refractivity contribution in [3.63, 3.8) is 0 Å². The number of halogens is 1. The highest BCUT2D eigenvalue weighted by Gasteiger charge is 2.30. The Kier molecular flexibility index (Phi) is 8.30. The van der Waals surface area contributed by atoms with Crippen LogP contribution in [0.3, 0.4) is 0 Å². The SMILES string of the molecule is Cl.O=C(O)C1CCCNC1CCON=C(c1ccccc1)c1ccccc1. The summed E-state index contributed by atoms with van der Waals surface area (Å²) in [5.74, 6) is -1.08. The van der Waals surface area contributed by atoms with Gasteiger partial charge in [-0.25, -0.2) is 0 Å². The third-order valence-electron chi connectivity index (χ3n) is 4.67. The van der Waals surface area contributed by atoms with Crippen molar-refractivity contribution in [1.29, 1.82) is 0 Å². The van der Waals surface area contributed by atoms with E-state index < -0.39 is 5.97 Å². The van der Waals surface area contributed by atoms with Crippen LogP contribution in [0.5, 0.6) is 0 Å². The first-order valence-electron chi connectivity index (χ1n) is 9.02. The minimum atomic E-state index is -0.736. The van der Waals surface area contributed by atoms with Crippen molar-refractivity contribution in [3.05, 3.63) is 71.8 Å². The van der Waals surface area contributed by atoms with E-state index in [1.165, 1.54) is 0 Å². The molecule has 6 heteroatoms. The monoisotopic (exact) mass is 388 g/mol. The van der Waals surface area contributed by atoms with Gasteiger partial charge >= 0.3 is 5.97 Å². The van der Waals surface area contributed by atoms with Gasteiger partial charge in [0.1, 0.15) is 12.3 Å². The second kappa shape index (κ2) is 10.7. The van der Waals surface area contributed by atoms with E-state index in [4.69, 9.17) is 4.84 Å².